The molecular formula is C85H86BF28N. The topological polar surface area (TPSA) is 4.44 Å². The van der Waals surface area contributed by atoms with Gasteiger partial charge in [0.1, 0.15) is 35.1 Å². The van der Waals surface area contributed by atoms with E-state index in [1.165, 1.54) is 237 Å². The molecule has 0 aliphatic carbocycles. The summed E-state index contributed by atoms with van der Waals surface area (Å²) in [4.78, 5) is 1.68. The summed E-state index contributed by atoms with van der Waals surface area (Å²) in [5.41, 5.74) is -12.4. The fraction of sp³-hybridized carbons (Fsp3) is 0.459. The first kappa shape index (κ1) is 92.6. The van der Waals surface area contributed by atoms with Crippen molar-refractivity contribution in [2.45, 2.75) is 239 Å². The Morgan fingerprint density at radius 2 is 0.365 bits per heavy atom. The smallest absolute Gasteiger partial charge is 0.198 e. The first-order valence-corrected chi connectivity index (χ1v) is 39.2. The second-order valence-electron chi connectivity index (χ2n) is 29.4. The predicted molar refractivity (Wildman–Crippen MR) is 389 cm³/mol. The number of benzene rings is 9. The summed E-state index contributed by atoms with van der Waals surface area (Å²) >= 11 is 0. The summed E-state index contributed by atoms with van der Waals surface area (Å²) < 4.78 is 446. The Hall–Kier alpha value is -7.92. The van der Waals surface area contributed by atoms with Crippen LogP contribution in [0.15, 0.2) is 24.3 Å². The molecule has 0 aliphatic heterocycles. The molecule has 0 spiro atoms. The number of quaternary nitrogens is 1. The van der Waals surface area contributed by atoms with Crippen LogP contribution >= 0.6 is 0 Å². The average molecular weight is 1660 g/mol. The lowest BCUT2D eigenvalue weighted by atomic mass is 9.11. The highest BCUT2D eigenvalue weighted by Crippen LogP contribution is 2.42. The molecule has 9 aromatic carbocycles. The van der Waals surface area contributed by atoms with Crippen LogP contribution < -0.4 is 26.8 Å². The van der Waals surface area contributed by atoms with Gasteiger partial charge in [0.15, 0.2) is 140 Å². The Labute approximate surface area is 647 Å². The summed E-state index contributed by atoms with van der Waals surface area (Å²) in [5.74, 6) is -104. The third kappa shape index (κ3) is 19.1. The highest BCUT2D eigenvalue weighted by atomic mass is 19.2. The number of unbranched alkanes of at least 4 members (excludes halogenated alkanes) is 31. The van der Waals surface area contributed by atoms with Gasteiger partial charge < -0.3 is 4.90 Å². The number of halogens is 28. The van der Waals surface area contributed by atoms with Crippen LogP contribution in [0.1, 0.15) is 238 Å². The van der Waals surface area contributed by atoms with E-state index in [-0.39, 0.29) is 0 Å². The number of fused-ring (bicyclic) bond motifs is 4. The zero-order valence-electron chi connectivity index (χ0n) is 63.4. The van der Waals surface area contributed by atoms with Crippen molar-refractivity contribution in [3.63, 3.8) is 0 Å². The molecule has 9 aromatic rings. The third-order valence-corrected chi connectivity index (χ3v) is 21.9. The maximum absolute atomic E-state index is 17.3. The Bertz CT molecular complexity index is 4410. The van der Waals surface area contributed by atoms with E-state index in [1.54, 1.807) is 10.5 Å². The molecular weight excluding hydrogens is 1580 g/mol. The molecule has 0 fully saturated rings. The fourth-order valence-electron chi connectivity index (χ4n) is 16.0. The standard InChI is InChI=1S/C45H85N.C40BF28/c1-4-7-9-11-13-15-17-19-21-23-24-26-28-30-32-34-36-38-44-39-41-45(42-40-44)46(6-3)43-37-35-33-31-29-27-25-22-20-18-16-14-12-10-8-5-2;42-13-1-5(21(50)37(66)33(13)62)17(46)29(58)25(54)9(1)41(10-2-6(18(47)30(59)26(10)55)22(51)38(67)34(63)14(2)43,11-3-7(19(48)31(60)27(11)56)23(52)39(68)35(64)15(3)44)12-4-8(20(49)32(61)28(12)57)24(53)40(69)36(65)16(4)45/h39-42H,4-38,43H2,1-3H3;/q;-1/p+1. The summed E-state index contributed by atoms with van der Waals surface area (Å²) in [5, 5.41) is -27.0. The van der Waals surface area contributed by atoms with Gasteiger partial charge in [-0.05, 0) is 71.8 Å². The molecule has 0 aromatic heterocycles. The van der Waals surface area contributed by atoms with Crippen LogP contribution in [-0.4, -0.2) is 19.2 Å². The van der Waals surface area contributed by atoms with E-state index in [4.69, 9.17) is 0 Å². The van der Waals surface area contributed by atoms with E-state index in [9.17, 15) is 17.6 Å². The van der Waals surface area contributed by atoms with Crippen molar-refractivity contribution >= 4 is 76.8 Å². The molecule has 1 nitrogen and oxygen atoms in total. The van der Waals surface area contributed by atoms with Gasteiger partial charge in [0.2, 0.25) is 0 Å². The van der Waals surface area contributed by atoms with Gasteiger partial charge in [-0.25, -0.2) is 123 Å². The second-order valence-corrected chi connectivity index (χ2v) is 29.4. The summed E-state index contributed by atoms with van der Waals surface area (Å²) in [6.07, 6.45) is 41.1. The van der Waals surface area contributed by atoms with Crippen molar-refractivity contribution < 1.29 is 128 Å². The number of hydrogen-bond acceptors (Lipinski definition) is 0. The minimum Gasteiger partial charge on any atom is -0.303 e. The van der Waals surface area contributed by atoms with Gasteiger partial charge >= 0.3 is 0 Å². The van der Waals surface area contributed by atoms with E-state index < -0.39 is 234 Å². The lowest BCUT2D eigenvalue weighted by Gasteiger charge is -2.47. The van der Waals surface area contributed by atoms with Gasteiger partial charge in [-0.3, -0.25) is 0 Å². The second kappa shape index (κ2) is 42.0. The van der Waals surface area contributed by atoms with Gasteiger partial charge in [-0.15, -0.1) is 21.9 Å². The van der Waals surface area contributed by atoms with Gasteiger partial charge in [-0.1, -0.05) is 219 Å². The molecule has 1 N–H and O–H groups in total. The van der Waals surface area contributed by atoms with Crippen LogP contribution in [0.3, 0.4) is 0 Å². The summed E-state index contributed by atoms with van der Waals surface area (Å²) in [6.45, 7) is 9.48. The number of aryl methyl sites for hydroxylation is 1. The number of hydrogen-bond donors (Lipinski definition) is 1. The summed E-state index contributed by atoms with van der Waals surface area (Å²) in [7, 11) is 0. The van der Waals surface area contributed by atoms with Crippen molar-refractivity contribution in [3.8, 4) is 0 Å². The molecule has 0 radical (unpaired) electrons. The zero-order valence-corrected chi connectivity index (χ0v) is 63.4. The van der Waals surface area contributed by atoms with Crippen molar-refractivity contribution in [2.75, 3.05) is 13.1 Å². The number of rotatable bonds is 41. The van der Waals surface area contributed by atoms with Crippen molar-refractivity contribution in [1.82, 2.24) is 0 Å². The normalized spacial score (nSPS) is 12.3. The van der Waals surface area contributed by atoms with Gasteiger partial charge in [0, 0.05) is 0 Å². The van der Waals surface area contributed by atoms with Gasteiger partial charge in [0.05, 0.1) is 34.6 Å². The average Bonchev–Trinajstić information content (AvgIpc) is 0.661. The monoisotopic (exact) mass is 1660 g/mol. The highest BCUT2D eigenvalue weighted by Gasteiger charge is 2.52. The molecule has 9 rings (SSSR count). The van der Waals surface area contributed by atoms with Crippen LogP contribution in [0.25, 0.3) is 43.1 Å². The Morgan fingerprint density at radius 3 is 0.565 bits per heavy atom. The molecule has 0 heterocycles. The SMILES string of the molecule is CCCCCCCCCCCCCCCCCCCc1ccc([NH+](CC)CCCCCCCCCCCCCCCCCC)cc1.Fc1c(F)c(F)c2c([B-](c3c(F)c(F)c(F)c4c(F)c(F)c(F)c(F)c34)(c3c(F)c(F)c(F)c4c(F)c(F)c(F)c(F)c34)c3c(F)c(F)c(F)c4c(F)c(F)c(F)c(F)c34)c(F)c(F)c(F)c2c1F. The van der Waals surface area contributed by atoms with Crippen LogP contribution in [0.2, 0.25) is 0 Å². The molecule has 0 amide bonds. The molecule has 30 heteroatoms. The lowest BCUT2D eigenvalue weighted by Crippen LogP contribution is -3.06. The molecule has 0 bridgehead atoms. The van der Waals surface area contributed by atoms with Crippen molar-refractivity contribution in [1.29, 1.82) is 0 Å². The molecule has 0 aliphatic rings. The molecule has 0 saturated carbocycles. The minimum atomic E-state index is -8.05. The Kier molecular flexibility index (Phi) is 33.8. The molecule has 1 atom stereocenters. The van der Waals surface area contributed by atoms with Gasteiger partial charge in [-0.2, -0.15) is 0 Å². The van der Waals surface area contributed by atoms with E-state index in [0.717, 1.165) is 0 Å². The molecule has 630 valence electrons. The van der Waals surface area contributed by atoms with Crippen LogP contribution in [0.5, 0.6) is 0 Å². The highest BCUT2D eigenvalue weighted by molar-refractivity contribution is 7.23. The lowest BCUT2D eigenvalue weighted by molar-refractivity contribution is -0.831. The Morgan fingerprint density at radius 1 is 0.191 bits per heavy atom. The van der Waals surface area contributed by atoms with Crippen LogP contribution in [0, 0.1) is 163 Å². The van der Waals surface area contributed by atoms with Crippen molar-refractivity contribution in [2.24, 2.45) is 0 Å². The molecule has 1 unspecified atom stereocenters. The minimum absolute atomic E-state index is 1.21. The first-order chi connectivity index (χ1) is 54.8. The van der Waals surface area contributed by atoms with E-state index in [0.29, 0.717) is 0 Å². The van der Waals surface area contributed by atoms with Crippen LogP contribution in [-0.2, 0) is 6.42 Å². The van der Waals surface area contributed by atoms with Crippen molar-refractivity contribution in [3.05, 3.63) is 193 Å². The van der Waals surface area contributed by atoms with E-state index >= 15 is 105 Å². The maximum atomic E-state index is 17.3. The Balaban J connectivity index is 0.000000314. The van der Waals surface area contributed by atoms with Crippen LogP contribution in [0.4, 0.5) is 129 Å². The van der Waals surface area contributed by atoms with E-state index in [1.807, 2.05) is 0 Å². The predicted octanol–water partition coefficient (Wildman–Crippen LogP) is 26.3. The molecule has 115 heavy (non-hydrogen) atoms. The third-order valence-electron chi connectivity index (χ3n) is 21.9. The van der Waals surface area contributed by atoms with E-state index in [2.05, 4.69) is 45.0 Å². The summed E-state index contributed by atoms with van der Waals surface area (Å²) in [6, 6.07) is 9.69. The first-order valence-electron chi connectivity index (χ1n) is 39.2. The largest absolute Gasteiger partial charge is 0.303 e. The molecule has 0 saturated heterocycles. The maximum Gasteiger partial charge on any atom is 0.198 e. The quantitative estimate of drug-likeness (QED) is 0.0128. The fourth-order valence-corrected chi connectivity index (χ4v) is 16.0. The van der Waals surface area contributed by atoms with Gasteiger partial charge in [0.25, 0.3) is 0 Å². The zero-order chi connectivity index (χ0) is 84.6. The number of nitrogens with one attached hydrogen (secondary N) is 1.